The van der Waals surface area contributed by atoms with E-state index in [0.717, 1.165) is 4.88 Å². The number of hydrogen-bond donors (Lipinski definition) is 2. The summed E-state index contributed by atoms with van der Waals surface area (Å²) in [5, 5.41) is 9.35. The molecule has 1 rings (SSSR count). The van der Waals surface area contributed by atoms with Crippen molar-refractivity contribution in [1.82, 2.24) is 4.37 Å². The molecule has 4 heteroatoms. The van der Waals surface area contributed by atoms with Crippen LogP contribution in [-0.2, 0) is 6.42 Å². The van der Waals surface area contributed by atoms with Crippen LogP contribution in [0.5, 0.6) is 0 Å². The van der Waals surface area contributed by atoms with E-state index in [1.165, 1.54) is 11.5 Å². The van der Waals surface area contributed by atoms with Gasteiger partial charge in [0.2, 0.25) is 0 Å². The average molecular weight is 172 g/mol. The number of hydrogen-bond acceptors (Lipinski definition) is 4. The second-order valence-electron chi connectivity index (χ2n) is 2.61. The van der Waals surface area contributed by atoms with Crippen molar-refractivity contribution in [2.75, 3.05) is 0 Å². The van der Waals surface area contributed by atoms with Gasteiger partial charge >= 0.3 is 0 Å². The van der Waals surface area contributed by atoms with E-state index < -0.39 is 6.10 Å². The fraction of sp³-hybridized carbons (Fsp3) is 0.571. The van der Waals surface area contributed by atoms with Crippen molar-refractivity contribution in [2.45, 2.75) is 25.5 Å². The van der Waals surface area contributed by atoms with Gasteiger partial charge in [0.15, 0.2) is 0 Å². The van der Waals surface area contributed by atoms with Crippen LogP contribution in [0, 0.1) is 0 Å². The van der Waals surface area contributed by atoms with Crippen LogP contribution in [0.15, 0.2) is 12.3 Å². The number of nitrogens with zero attached hydrogens (tertiary/aromatic N) is 1. The molecule has 1 aromatic rings. The number of aliphatic hydroxyl groups excluding tert-OH is 1. The third kappa shape index (κ3) is 2.57. The molecule has 0 aromatic carbocycles. The Morgan fingerprint density at radius 1 is 1.82 bits per heavy atom. The zero-order chi connectivity index (χ0) is 8.27. The van der Waals surface area contributed by atoms with Crippen LogP contribution in [-0.4, -0.2) is 21.6 Å². The van der Waals surface area contributed by atoms with Crippen LogP contribution in [0.3, 0.4) is 0 Å². The number of nitrogens with two attached hydrogens (primary N) is 1. The fourth-order valence-corrected chi connectivity index (χ4v) is 1.36. The van der Waals surface area contributed by atoms with Gasteiger partial charge in [0.1, 0.15) is 0 Å². The van der Waals surface area contributed by atoms with Gasteiger partial charge in [-0.15, -0.1) is 0 Å². The third-order valence-corrected chi connectivity index (χ3v) is 2.27. The zero-order valence-corrected chi connectivity index (χ0v) is 7.21. The van der Waals surface area contributed by atoms with Crippen molar-refractivity contribution in [3.63, 3.8) is 0 Å². The Morgan fingerprint density at radius 2 is 2.55 bits per heavy atom. The van der Waals surface area contributed by atoms with Gasteiger partial charge in [0, 0.05) is 23.5 Å². The predicted octanol–water partition coefficient (Wildman–Crippen LogP) is 0.394. The molecule has 3 N–H and O–H groups in total. The van der Waals surface area contributed by atoms with E-state index in [-0.39, 0.29) is 6.04 Å². The summed E-state index contributed by atoms with van der Waals surface area (Å²) in [6, 6.07) is 1.73. The number of aromatic nitrogens is 1. The van der Waals surface area contributed by atoms with Crippen LogP contribution in [0.4, 0.5) is 0 Å². The summed E-state index contributed by atoms with van der Waals surface area (Å²) in [4.78, 5) is 1.08. The van der Waals surface area contributed by atoms with E-state index in [9.17, 15) is 5.11 Å². The summed E-state index contributed by atoms with van der Waals surface area (Å²) in [7, 11) is 0. The lowest BCUT2D eigenvalue weighted by Crippen LogP contribution is -2.32. The highest BCUT2D eigenvalue weighted by Gasteiger charge is 2.10. The Hall–Kier alpha value is -0.450. The highest BCUT2D eigenvalue weighted by atomic mass is 32.1. The van der Waals surface area contributed by atoms with Crippen molar-refractivity contribution in [2.24, 2.45) is 5.73 Å². The molecule has 0 aliphatic rings. The molecule has 62 valence electrons. The van der Waals surface area contributed by atoms with Crippen LogP contribution >= 0.6 is 11.5 Å². The summed E-state index contributed by atoms with van der Waals surface area (Å²) in [5.74, 6) is 0. The molecule has 0 saturated carbocycles. The maximum absolute atomic E-state index is 9.35. The van der Waals surface area contributed by atoms with Gasteiger partial charge in [-0.2, -0.15) is 0 Å². The first-order valence-corrected chi connectivity index (χ1v) is 4.30. The molecule has 0 radical (unpaired) electrons. The summed E-state index contributed by atoms with van der Waals surface area (Å²) < 4.78 is 3.92. The molecule has 0 saturated heterocycles. The Bertz CT molecular complexity index is 198. The molecule has 0 amide bonds. The minimum Gasteiger partial charge on any atom is -0.391 e. The molecule has 3 nitrogen and oxygen atoms in total. The number of rotatable bonds is 3. The summed E-state index contributed by atoms with van der Waals surface area (Å²) in [5.41, 5.74) is 5.49. The molecule has 11 heavy (non-hydrogen) atoms. The molecule has 2 atom stereocenters. The molecule has 1 heterocycles. The van der Waals surface area contributed by atoms with E-state index in [0.29, 0.717) is 6.42 Å². The van der Waals surface area contributed by atoms with Crippen LogP contribution in [0.1, 0.15) is 11.8 Å². The maximum Gasteiger partial charge on any atom is 0.0737 e. The van der Waals surface area contributed by atoms with Crippen LogP contribution < -0.4 is 5.73 Å². The minimum atomic E-state index is -0.449. The molecule has 0 aliphatic carbocycles. The standard InChI is InChI=1S/C7H12N2OS/c1-5(8)7(10)4-6-2-3-9-11-6/h2-3,5,7,10H,4,8H2,1H3. The summed E-state index contributed by atoms with van der Waals surface area (Å²) >= 11 is 1.40. The van der Waals surface area contributed by atoms with Gasteiger partial charge in [0.25, 0.3) is 0 Å². The first kappa shape index (κ1) is 8.64. The molecule has 0 spiro atoms. The maximum atomic E-state index is 9.35. The van der Waals surface area contributed by atoms with Crippen molar-refractivity contribution < 1.29 is 5.11 Å². The molecular formula is C7H12N2OS. The van der Waals surface area contributed by atoms with Crippen LogP contribution in [0.25, 0.3) is 0 Å². The van der Waals surface area contributed by atoms with Gasteiger partial charge < -0.3 is 10.8 Å². The molecule has 0 fully saturated rings. The van der Waals surface area contributed by atoms with E-state index in [2.05, 4.69) is 4.37 Å². The second kappa shape index (κ2) is 3.80. The highest BCUT2D eigenvalue weighted by Crippen LogP contribution is 2.08. The minimum absolute atomic E-state index is 0.169. The Morgan fingerprint density at radius 3 is 3.00 bits per heavy atom. The highest BCUT2D eigenvalue weighted by molar-refractivity contribution is 7.05. The van der Waals surface area contributed by atoms with Gasteiger partial charge in [-0.1, -0.05) is 0 Å². The van der Waals surface area contributed by atoms with Crippen molar-refractivity contribution in [3.05, 3.63) is 17.1 Å². The molecular weight excluding hydrogens is 160 g/mol. The first-order chi connectivity index (χ1) is 5.20. The topological polar surface area (TPSA) is 59.1 Å². The van der Waals surface area contributed by atoms with Crippen molar-refractivity contribution in [3.8, 4) is 0 Å². The Kier molecular flexibility index (Phi) is 2.99. The Balaban J connectivity index is 2.43. The lowest BCUT2D eigenvalue weighted by Gasteiger charge is -2.11. The molecule has 1 aromatic heterocycles. The molecule has 0 bridgehead atoms. The Labute approximate surface area is 70.0 Å². The predicted molar refractivity (Wildman–Crippen MR) is 45.5 cm³/mol. The molecule has 0 aliphatic heterocycles. The number of aliphatic hydroxyl groups is 1. The first-order valence-electron chi connectivity index (χ1n) is 3.53. The summed E-state index contributed by atoms with van der Waals surface area (Å²) in [6.45, 7) is 1.80. The largest absolute Gasteiger partial charge is 0.391 e. The van der Waals surface area contributed by atoms with E-state index in [1.54, 1.807) is 13.1 Å². The van der Waals surface area contributed by atoms with Gasteiger partial charge in [-0.05, 0) is 24.5 Å². The van der Waals surface area contributed by atoms with Crippen molar-refractivity contribution >= 4 is 11.5 Å². The lowest BCUT2D eigenvalue weighted by atomic mass is 10.1. The van der Waals surface area contributed by atoms with Crippen LogP contribution in [0.2, 0.25) is 0 Å². The van der Waals surface area contributed by atoms with Gasteiger partial charge in [0.05, 0.1) is 6.10 Å². The smallest absolute Gasteiger partial charge is 0.0737 e. The van der Waals surface area contributed by atoms with E-state index in [4.69, 9.17) is 5.73 Å². The van der Waals surface area contributed by atoms with Gasteiger partial charge in [-0.3, -0.25) is 0 Å². The molecule has 2 unspecified atom stereocenters. The third-order valence-electron chi connectivity index (χ3n) is 1.51. The quantitative estimate of drug-likeness (QED) is 0.693. The lowest BCUT2D eigenvalue weighted by molar-refractivity contribution is 0.152. The fourth-order valence-electron chi connectivity index (χ4n) is 0.739. The second-order valence-corrected chi connectivity index (χ2v) is 3.53. The zero-order valence-electron chi connectivity index (χ0n) is 6.40. The normalized spacial score (nSPS) is 16.3. The van der Waals surface area contributed by atoms with Gasteiger partial charge in [-0.25, -0.2) is 4.37 Å². The average Bonchev–Trinajstić information content (AvgIpc) is 2.39. The summed E-state index contributed by atoms with van der Waals surface area (Å²) in [6.07, 6.45) is 1.89. The van der Waals surface area contributed by atoms with Crippen molar-refractivity contribution in [1.29, 1.82) is 0 Å². The SMILES string of the molecule is CC(N)C(O)Cc1ccns1. The van der Waals surface area contributed by atoms with E-state index >= 15 is 0 Å². The monoisotopic (exact) mass is 172 g/mol. The van der Waals surface area contributed by atoms with E-state index in [1.807, 2.05) is 6.07 Å².